The van der Waals surface area contributed by atoms with E-state index in [4.69, 9.17) is 5.73 Å². The van der Waals surface area contributed by atoms with Gasteiger partial charge in [0.1, 0.15) is 17.6 Å². The number of nitriles is 1. The third kappa shape index (κ3) is 2.17. The van der Waals surface area contributed by atoms with Crippen LogP contribution >= 0.6 is 0 Å². The van der Waals surface area contributed by atoms with Gasteiger partial charge < -0.3 is 15.2 Å². The number of hydrogen-bond acceptors (Lipinski definition) is 3. The quantitative estimate of drug-likeness (QED) is 0.873. The Morgan fingerprint density at radius 3 is 2.78 bits per heavy atom. The summed E-state index contributed by atoms with van der Waals surface area (Å²) in [5.74, 6) is 1.73. The van der Waals surface area contributed by atoms with Crippen molar-refractivity contribution in [2.24, 2.45) is 5.92 Å². The van der Waals surface area contributed by atoms with Crippen molar-refractivity contribution in [3.63, 3.8) is 0 Å². The van der Waals surface area contributed by atoms with Gasteiger partial charge in [0.05, 0.1) is 5.69 Å². The number of rotatable bonds is 2. The Balaban J connectivity index is 2.43. The van der Waals surface area contributed by atoms with Crippen LogP contribution in [-0.4, -0.2) is 17.7 Å². The molecule has 1 aliphatic heterocycles. The normalized spacial score (nSPS) is 20.2. The van der Waals surface area contributed by atoms with E-state index in [0.717, 1.165) is 24.6 Å². The molecule has 1 aliphatic rings. The smallest absolute Gasteiger partial charge is 0.133 e. The highest BCUT2D eigenvalue weighted by molar-refractivity contribution is 5.68. The van der Waals surface area contributed by atoms with Crippen molar-refractivity contribution in [3.05, 3.63) is 11.8 Å². The van der Waals surface area contributed by atoms with E-state index in [1.54, 1.807) is 6.07 Å². The van der Waals surface area contributed by atoms with Gasteiger partial charge in [0.15, 0.2) is 0 Å². The van der Waals surface area contributed by atoms with Crippen molar-refractivity contribution in [1.29, 1.82) is 5.26 Å². The second-order valence-electron chi connectivity index (χ2n) is 5.58. The van der Waals surface area contributed by atoms with Crippen LogP contribution in [0.2, 0.25) is 0 Å². The predicted octanol–water partition coefficient (Wildman–Crippen LogP) is 2.76. The molecule has 0 amide bonds. The van der Waals surface area contributed by atoms with Crippen LogP contribution in [0.15, 0.2) is 6.07 Å². The van der Waals surface area contributed by atoms with E-state index in [9.17, 15) is 5.26 Å². The molecule has 1 saturated heterocycles. The zero-order valence-corrected chi connectivity index (χ0v) is 11.5. The summed E-state index contributed by atoms with van der Waals surface area (Å²) < 4.78 is 2.06. The van der Waals surface area contributed by atoms with Crippen molar-refractivity contribution in [2.45, 2.75) is 39.7 Å². The SMILES string of the molecule is CC1CCCN(c2c(N)cc(C#N)n2C(C)C)C1. The number of anilines is 2. The van der Waals surface area contributed by atoms with E-state index >= 15 is 0 Å². The lowest BCUT2D eigenvalue weighted by Crippen LogP contribution is -2.36. The third-order valence-corrected chi connectivity index (χ3v) is 3.63. The number of hydrogen-bond donors (Lipinski definition) is 1. The lowest BCUT2D eigenvalue weighted by molar-refractivity contribution is 0.437. The largest absolute Gasteiger partial charge is 0.396 e. The Hall–Kier alpha value is -1.63. The second kappa shape index (κ2) is 4.93. The van der Waals surface area contributed by atoms with Gasteiger partial charge in [-0.05, 0) is 38.7 Å². The fourth-order valence-electron chi connectivity index (χ4n) is 2.86. The molecule has 0 aliphatic carbocycles. The van der Waals surface area contributed by atoms with E-state index in [1.807, 2.05) is 0 Å². The number of aromatic nitrogens is 1. The molecule has 98 valence electrons. The van der Waals surface area contributed by atoms with Crippen LogP contribution in [0.4, 0.5) is 11.5 Å². The molecule has 18 heavy (non-hydrogen) atoms. The summed E-state index contributed by atoms with van der Waals surface area (Å²) in [6.07, 6.45) is 2.48. The van der Waals surface area contributed by atoms with E-state index in [1.165, 1.54) is 12.8 Å². The lowest BCUT2D eigenvalue weighted by atomic mass is 10.0. The average molecular weight is 246 g/mol. The van der Waals surface area contributed by atoms with Crippen molar-refractivity contribution < 1.29 is 0 Å². The molecule has 0 bridgehead atoms. The van der Waals surface area contributed by atoms with Crippen LogP contribution in [0.25, 0.3) is 0 Å². The van der Waals surface area contributed by atoms with Crippen LogP contribution in [0, 0.1) is 17.2 Å². The molecule has 0 aromatic carbocycles. The van der Waals surface area contributed by atoms with E-state index in [-0.39, 0.29) is 6.04 Å². The van der Waals surface area contributed by atoms with Crippen LogP contribution in [0.1, 0.15) is 45.3 Å². The number of piperidine rings is 1. The molecular weight excluding hydrogens is 224 g/mol. The molecule has 0 spiro atoms. The summed E-state index contributed by atoms with van der Waals surface area (Å²) in [7, 11) is 0. The monoisotopic (exact) mass is 246 g/mol. The van der Waals surface area contributed by atoms with Gasteiger partial charge in [-0.15, -0.1) is 0 Å². The zero-order valence-electron chi connectivity index (χ0n) is 11.5. The molecule has 1 aromatic heterocycles. The molecule has 1 aromatic rings. The Kier molecular flexibility index (Phi) is 3.51. The fraction of sp³-hybridized carbons (Fsp3) is 0.643. The Bertz CT molecular complexity index is 467. The first kappa shape index (κ1) is 12.8. The van der Waals surface area contributed by atoms with E-state index < -0.39 is 0 Å². The second-order valence-corrected chi connectivity index (χ2v) is 5.58. The van der Waals surface area contributed by atoms with Gasteiger partial charge in [0.25, 0.3) is 0 Å². The molecule has 2 N–H and O–H groups in total. The molecule has 4 heteroatoms. The summed E-state index contributed by atoms with van der Waals surface area (Å²) >= 11 is 0. The molecule has 1 fully saturated rings. The van der Waals surface area contributed by atoms with Gasteiger partial charge in [-0.2, -0.15) is 5.26 Å². The zero-order chi connectivity index (χ0) is 13.3. The molecule has 0 saturated carbocycles. The van der Waals surface area contributed by atoms with Gasteiger partial charge >= 0.3 is 0 Å². The summed E-state index contributed by atoms with van der Waals surface area (Å²) in [5, 5.41) is 9.21. The molecule has 1 atom stereocenters. The maximum atomic E-state index is 9.21. The summed E-state index contributed by atoms with van der Waals surface area (Å²) in [5.41, 5.74) is 7.51. The summed E-state index contributed by atoms with van der Waals surface area (Å²) in [4.78, 5) is 2.34. The highest BCUT2D eigenvalue weighted by Crippen LogP contribution is 2.33. The first-order valence-electron chi connectivity index (χ1n) is 6.70. The summed E-state index contributed by atoms with van der Waals surface area (Å²) in [6.45, 7) is 8.53. The highest BCUT2D eigenvalue weighted by atomic mass is 15.3. The topological polar surface area (TPSA) is 58.0 Å². The Morgan fingerprint density at radius 2 is 2.22 bits per heavy atom. The van der Waals surface area contributed by atoms with Crippen molar-refractivity contribution in [1.82, 2.24) is 4.57 Å². The highest BCUT2D eigenvalue weighted by Gasteiger charge is 2.24. The minimum atomic E-state index is 0.254. The van der Waals surface area contributed by atoms with Crippen molar-refractivity contribution in [3.8, 4) is 6.07 Å². The minimum Gasteiger partial charge on any atom is -0.396 e. The number of nitrogens with two attached hydrogens (primary N) is 1. The van der Waals surface area contributed by atoms with Crippen LogP contribution in [0.5, 0.6) is 0 Å². The molecule has 0 radical (unpaired) electrons. The van der Waals surface area contributed by atoms with Crippen LogP contribution in [-0.2, 0) is 0 Å². The minimum absolute atomic E-state index is 0.254. The standard InChI is InChI=1S/C14H22N4/c1-10(2)18-12(8-15)7-13(16)14(18)17-6-4-5-11(3)9-17/h7,10-11H,4-6,9,16H2,1-3H3. The molecule has 4 nitrogen and oxygen atoms in total. The Morgan fingerprint density at radius 1 is 1.50 bits per heavy atom. The molecular formula is C14H22N4. The molecule has 2 heterocycles. The van der Waals surface area contributed by atoms with Crippen molar-refractivity contribution in [2.75, 3.05) is 23.7 Å². The van der Waals surface area contributed by atoms with Crippen molar-refractivity contribution >= 4 is 11.5 Å². The van der Waals surface area contributed by atoms with Gasteiger partial charge in [0.2, 0.25) is 0 Å². The number of nitrogens with zero attached hydrogens (tertiary/aromatic N) is 3. The van der Waals surface area contributed by atoms with Gasteiger partial charge in [-0.1, -0.05) is 6.92 Å². The summed E-state index contributed by atoms with van der Waals surface area (Å²) in [6, 6.07) is 4.30. The van der Waals surface area contributed by atoms with Crippen LogP contribution in [0.3, 0.4) is 0 Å². The third-order valence-electron chi connectivity index (χ3n) is 3.63. The fourth-order valence-corrected chi connectivity index (χ4v) is 2.86. The lowest BCUT2D eigenvalue weighted by Gasteiger charge is -2.34. The van der Waals surface area contributed by atoms with Gasteiger partial charge in [-0.3, -0.25) is 0 Å². The first-order valence-corrected chi connectivity index (χ1v) is 6.70. The maximum absolute atomic E-state index is 9.21. The van der Waals surface area contributed by atoms with Gasteiger partial charge in [-0.25, -0.2) is 0 Å². The van der Waals surface area contributed by atoms with E-state index in [2.05, 4.69) is 36.3 Å². The van der Waals surface area contributed by atoms with E-state index in [0.29, 0.717) is 11.6 Å². The van der Waals surface area contributed by atoms with Crippen LogP contribution < -0.4 is 10.6 Å². The molecule has 1 unspecified atom stereocenters. The Labute approximate surface area is 109 Å². The maximum Gasteiger partial charge on any atom is 0.133 e. The van der Waals surface area contributed by atoms with Gasteiger partial charge in [0, 0.05) is 19.1 Å². The number of nitrogen functional groups attached to an aromatic ring is 1. The average Bonchev–Trinajstić information content (AvgIpc) is 2.66. The predicted molar refractivity (Wildman–Crippen MR) is 74.6 cm³/mol. The first-order chi connectivity index (χ1) is 8.54. The molecule has 2 rings (SSSR count).